The maximum Gasteiger partial charge on any atom is 0.260 e. The molecular weight excluding hydrogens is 449 g/mol. The molecule has 9 heteroatoms. The van der Waals surface area contributed by atoms with Crippen molar-refractivity contribution in [3.63, 3.8) is 0 Å². The fourth-order valence-corrected chi connectivity index (χ4v) is 5.23. The van der Waals surface area contributed by atoms with Crippen molar-refractivity contribution in [3.8, 4) is 0 Å². The smallest absolute Gasteiger partial charge is 0.260 e. The van der Waals surface area contributed by atoms with E-state index in [9.17, 15) is 17.6 Å². The van der Waals surface area contributed by atoms with Crippen LogP contribution >= 0.6 is 11.3 Å². The molecule has 1 amide bonds. The molecule has 0 aliphatic heterocycles. The highest BCUT2D eigenvalue weighted by molar-refractivity contribution is 7.92. The summed E-state index contributed by atoms with van der Waals surface area (Å²) in [5.41, 5.74) is 1.57. The van der Waals surface area contributed by atoms with Crippen LogP contribution in [0, 0.1) is 5.82 Å². The third-order valence-corrected chi connectivity index (χ3v) is 8.10. The lowest BCUT2D eigenvalue weighted by Crippen LogP contribution is -2.30. The summed E-state index contributed by atoms with van der Waals surface area (Å²) >= 11 is 1.19. The Morgan fingerprint density at radius 2 is 1.94 bits per heavy atom. The number of carbonyl (C=O) groups is 1. The highest BCUT2D eigenvalue weighted by Crippen LogP contribution is 2.31. The number of hydrogen-bond donors (Lipinski definition) is 0. The van der Waals surface area contributed by atoms with Gasteiger partial charge >= 0.3 is 0 Å². The van der Waals surface area contributed by atoms with Crippen LogP contribution in [0.4, 0.5) is 9.52 Å². The van der Waals surface area contributed by atoms with Crippen molar-refractivity contribution in [1.29, 1.82) is 0 Å². The SMILES string of the molecule is CC(C)S(=O)(=O)c1cccc(C(=O)N(Cc2cccnc2)c2nc3ccc(F)cc3s2)c1. The lowest BCUT2D eigenvalue weighted by atomic mass is 10.2. The third kappa shape index (κ3) is 4.39. The van der Waals surface area contributed by atoms with Crippen molar-refractivity contribution in [2.45, 2.75) is 30.5 Å². The third-order valence-electron chi connectivity index (χ3n) is 4.91. The first kappa shape index (κ1) is 22.0. The molecule has 0 unspecified atom stereocenters. The van der Waals surface area contributed by atoms with Gasteiger partial charge in [0.1, 0.15) is 5.82 Å². The lowest BCUT2D eigenvalue weighted by Gasteiger charge is -2.20. The Kier molecular flexibility index (Phi) is 6.03. The van der Waals surface area contributed by atoms with E-state index in [1.54, 1.807) is 50.5 Å². The van der Waals surface area contributed by atoms with E-state index < -0.39 is 21.0 Å². The predicted molar refractivity (Wildman–Crippen MR) is 123 cm³/mol. The summed E-state index contributed by atoms with van der Waals surface area (Å²) in [6.45, 7) is 3.37. The minimum Gasteiger partial charge on any atom is -0.279 e. The number of sulfone groups is 1. The largest absolute Gasteiger partial charge is 0.279 e. The number of thiazole rings is 1. The van der Waals surface area contributed by atoms with Gasteiger partial charge in [0.05, 0.1) is 26.9 Å². The second-order valence-electron chi connectivity index (χ2n) is 7.48. The van der Waals surface area contributed by atoms with E-state index in [1.165, 1.54) is 40.5 Å². The zero-order chi connectivity index (χ0) is 22.9. The number of nitrogens with zero attached hydrogens (tertiary/aromatic N) is 3. The van der Waals surface area contributed by atoms with Crippen LogP contribution < -0.4 is 4.90 Å². The Labute approximate surface area is 189 Å². The van der Waals surface area contributed by atoms with Gasteiger partial charge in [0, 0.05) is 18.0 Å². The number of carbonyl (C=O) groups excluding carboxylic acids is 1. The molecule has 0 bridgehead atoms. The van der Waals surface area contributed by atoms with E-state index in [2.05, 4.69) is 9.97 Å². The van der Waals surface area contributed by atoms with Gasteiger partial charge in [0.25, 0.3) is 5.91 Å². The van der Waals surface area contributed by atoms with Crippen molar-refractivity contribution in [1.82, 2.24) is 9.97 Å². The van der Waals surface area contributed by atoms with Gasteiger partial charge in [-0.2, -0.15) is 0 Å². The number of pyridine rings is 1. The van der Waals surface area contributed by atoms with E-state index in [-0.39, 0.29) is 22.8 Å². The van der Waals surface area contributed by atoms with Crippen LogP contribution in [0.5, 0.6) is 0 Å². The normalized spacial score (nSPS) is 11.8. The standard InChI is InChI=1S/C23H20FN3O3S2/c1-15(2)32(29,30)19-7-3-6-17(11-19)22(28)27(14-16-5-4-10-25-13-16)23-26-20-9-8-18(24)12-21(20)31-23/h3-13,15H,14H2,1-2H3. The molecule has 4 aromatic rings. The summed E-state index contributed by atoms with van der Waals surface area (Å²) in [5.74, 6) is -0.793. The van der Waals surface area contributed by atoms with E-state index in [4.69, 9.17) is 0 Å². The van der Waals surface area contributed by atoms with Crippen molar-refractivity contribution < 1.29 is 17.6 Å². The number of anilines is 1. The van der Waals surface area contributed by atoms with Crippen LogP contribution in [0.1, 0.15) is 29.8 Å². The van der Waals surface area contributed by atoms with Gasteiger partial charge in [0.2, 0.25) is 0 Å². The van der Waals surface area contributed by atoms with E-state index in [0.717, 1.165) is 5.56 Å². The number of aromatic nitrogens is 2. The summed E-state index contributed by atoms with van der Waals surface area (Å²) in [6.07, 6.45) is 3.28. The molecule has 2 heterocycles. The second kappa shape index (κ2) is 8.76. The van der Waals surface area contributed by atoms with Gasteiger partial charge in [-0.3, -0.25) is 14.7 Å². The van der Waals surface area contributed by atoms with E-state index in [0.29, 0.717) is 15.3 Å². The molecule has 0 aliphatic carbocycles. The van der Waals surface area contributed by atoms with Crippen LogP contribution in [-0.2, 0) is 16.4 Å². The molecule has 0 atom stereocenters. The zero-order valence-electron chi connectivity index (χ0n) is 17.4. The minimum absolute atomic E-state index is 0.0889. The molecule has 164 valence electrons. The molecule has 4 rings (SSSR count). The first-order valence-corrected chi connectivity index (χ1v) is 12.2. The van der Waals surface area contributed by atoms with Crippen molar-refractivity contribution in [2.75, 3.05) is 4.90 Å². The summed E-state index contributed by atoms with van der Waals surface area (Å²) < 4.78 is 39.5. The Bertz CT molecular complexity index is 1390. The number of benzene rings is 2. The Balaban J connectivity index is 1.78. The molecule has 0 saturated heterocycles. The summed E-state index contributed by atoms with van der Waals surface area (Å²) in [5, 5.41) is -0.227. The second-order valence-corrected chi connectivity index (χ2v) is 11.0. The maximum absolute atomic E-state index is 13.7. The molecule has 0 saturated carbocycles. The van der Waals surface area contributed by atoms with Gasteiger partial charge in [-0.15, -0.1) is 0 Å². The van der Waals surface area contributed by atoms with Crippen molar-refractivity contribution >= 4 is 42.4 Å². The maximum atomic E-state index is 13.7. The quantitative estimate of drug-likeness (QED) is 0.403. The summed E-state index contributed by atoms with van der Waals surface area (Å²) in [7, 11) is -3.54. The zero-order valence-corrected chi connectivity index (χ0v) is 19.0. The Hall–Kier alpha value is -3.17. The number of rotatable bonds is 6. The van der Waals surface area contributed by atoms with Crippen LogP contribution in [0.15, 0.2) is 71.9 Å². The number of halogens is 1. The number of hydrogen-bond acceptors (Lipinski definition) is 6. The van der Waals surface area contributed by atoms with Crippen molar-refractivity contribution in [3.05, 3.63) is 83.9 Å². The van der Waals surface area contributed by atoms with Crippen LogP contribution in [-0.4, -0.2) is 29.5 Å². The number of fused-ring (bicyclic) bond motifs is 1. The van der Waals surface area contributed by atoms with Gasteiger partial charge in [-0.05, 0) is 61.9 Å². The molecular formula is C23H20FN3O3S2. The van der Waals surface area contributed by atoms with Gasteiger partial charge in [0.15, 0.2) is 15.0 Å². The average molecular weight is 470 g/mol. The predicted octanol–water partition coefficient (Wildman–Crippen LogP) is 4.86. The van der Waals surface area contributed by atoms with Crippen LogP contribution in [0.3, 0.4) is 0 Å². The van der Waals surface area contributed by atoms with Gasteiger partial charge < -0.3 is 0 Å². The van der Waals surface area contributed by atoms with Gasteiger partial charge in [-0.1, -0.05) is 23.5 Å². The summed E-state index contributed by atoms with van der Waals surface area (Å²) in [4.78, 5) is 23.7. The molecule has 0 fully saturated rings. The molecule has 6 nitrogen and oxygen atoms in total. The highest BCUT2D eigenvalue weighted by Gasteiger charge is 2.25. The fraction of sp³-hybridized carbons (Fsp3) is 0.174. The molecule has 0 radical (unpaired) electrons. The number of amides is 1. The lowest BCUT2D eigenvalue weighted by molar-refractivity contribution is 0.0985. The molecule has 0 aliphatic rings. The highest BCUT2D eigenvalue weighted by atomic mass is 32.2. The molecule has 2 aromatic heterocycles. The first-order chi connectivity index (χ1) is 15.3. The van der Waals surface area contributed by atoms with Crippen LogP contribution in [0.25, 0.3) is 10.2 Å². The Morgan fingerprint density at radius 1 is 1.12 bits per heavy atom. The topological polar surface area (TPSA) is 80.2 Å². The molecule has 32 heavy (non-hydrogen) atoms. The fourth-order valence-electron chi connectivity index (χ4n) is 3.14. The molecule has 0 spiro atoms. The minimum atomic E-state index is -3.54. The van der Waals surface area contributed by atoms with Crippen molar-refractivity contribution in [2.24, 2.45) is 0 Å². The first-order valence-electron chi connectivity index (χ1n) is 9.86. The monoisotopic (exact) mass is 469 g/mol. The van der Waals surface area contributed by atoms with E-state index >= 15 is 0 Å². The Morgan fingerprint density at radius 3 is 2.66 bits per heavy atom. The molecule has 0 N–H and O–H groups in total. The molecule has 2 aromatic carbocycles. The van der Waals surface area contributed by atoms with Crippen LogP contribution in [0.2, 0.25) is 0 Å². The van der Waals surface area contributed by atoms with Gasteiger partial charge in [-0.25, -0.2) is 17.8 Å². The summed E-state index contributed by atoms with van der Waals surface area (Å²) in [6, 6.07) is 13.9. The van der Waals surface area contributed by atoms with E-state index in [1.807, 2.05) is 6.07 Å². The average Bonchev–Trinajstić information content (AvgIpc) is 3.20.